The Bertz CT molecular complexity index is 1660. The van der Waals surface area contributed by atoms with Gasteiger partial charge in [0.05, 0.1) is 29.4 Å². The Kier molecular flexibility index (Phi) is 15.7. The number of rotatable bonds is 20. The van der Waals surface area contributed by atoms with Gasteiger partial charge < -0.3 is 24.7 Å². The number of hydrogen-bond donors (Lipinski definition) is 1. The third-order valence-electron chi connectivity index (χ3n) is 7.72. The number of anilines is 1. The van der Waals surface area contributed by atoms with E-state index in [1.807, 2.05) is 19.1 Å². The molecule has 3 aromatic rings. The molecule has 0 spiro atoms. The smallest absolute Gasteiger partial charge is 0.349 e. The molecule has 0 fully saturated rings. The van der Waals surface area contributed by atoms with Crippen molar-refractivity contribution in [2.75, 3.05) is 18.9 Å². The molecule has 0 aliphatic heterocycles. The second-order valence-corrected chi connectivity index (χ2v) is 12.0. The van der Waals surface area contributed by atoms with Gasteiger partial charge in [-0.15, -0.1) is 0 Å². The van der Waals surface area contributed by atoms with Crippen molar-refractivity contribution in [3.05, 3.63) is 87.4 Å². The van der Waals surface area contributed by atoms with Crippen LogP contribution < -0.4 is 19.9 Å². The van der Waals surface area contributed by atoms with Crippen LogP contribution in [0.3, 0.4) is 0 Å². The molecule has 13 heteroatoms. The van der Waals surface area contributed by atoms with Crippen molar-refractivity contribution in [2.45, 2.75) is 77.8 Å². The van der Waals surface area contributed by atoms with Crippen molar-refractivity contribution in [1.29, 1.82) is 0 Å². The minimum absolute atomic E-state index is 0.0876. The fourth-order valence-corrected chi connectivity index (χ4v) is 5.13. The summed E-state index contributed by atoms with van der Waals surface area (Å²) in [4.78, 5) is 48.0. The lowest BCUT2D eigenvalue weighted by molar-refractivity contribution is -0.386. The van der Waals surface area contributed by atoms with E-state index in [-0.39, 0.29) is 34.0 Å². The number of carbonyl (C=O) groups is 3. The van der Waals surface area contributed by atoms with Gasteiger partial charge in [-0.25, -0.2) is 18.8 Å². The normalized spacial score (nSPS) is 11.4. The van der Waals surface area contributed by atoms with Crippen LogP contribution in [-0.4, -0.2) is 42.2 Å². The molecule has 0 amide bonds. The summed E-state index contributed by atoms with van der Waals surface area (Å²) in [6.45, 7) is 7.31. The van der Waals surface area contributed by atoms with Crippen molar-refractivity contribution in [2.24, 2.45) is 0 Å². The molecular weight excluding hydrogens is 671 g/mol. The summed E-state index contributed by atoms with van der Waals surface area (Å²) in [6.07, 6.45) is 4.66. The molecule has 3 aromatic carbocycles. The number of unbranched alkanes of at least 4 members (excludes halogenated alkanes) is 6. The second kappa shape index (κ2) is 19.9. The lowest BCUT2D eigenvalue weighted by atomic mass is 10.0. The van der Waals surface area contributed by atoms with E-state index in [1.54, 1.807) is 36.4 Å². The topological polar surface area (TPSA) is 157 Å². The Morgan fingerprint density at radius 1 is 0.940 bits per heavy atom. The fourth-order valence-electron chi connectivity index (χ4n) is 5.07. The Balaban J connectivity index is 1.60. The van der Waals surface area contributed by atoms with Crippen LogP contribution in [0.4, 0.5) is 15.8 Å². The van der Waals surface area contributed by atoms with Crippen molar-refractivity contribution >= 4 is 40.9 Å². The first-order chi connectivity index (χ1) is 23.9. The average molecular weight is 713 g/mol. The van der Waals surface area contributed by atoms with Crippen LogP contribution in [0.2, 0.25) is 0 Å². The molecule has 0 heterocycles. The zero-order valence-electron chi connectivity index (χ0n) is 28.2. The van der Waals surface area contributed by atoms with Crippen LogP contribution in [0, 0.1) is 17.0 Å². The van der Waals surface area contributed by atoms with Crippen molar-refractivity contribution in [3.63, 3.8) is 0 Å². The number of halogens is 2. The van der Waals surface area contributed by atoms with Gasteiger partial charge >= 0.3 is 23.6 Å². The molecule has 0 saturated heterocycles. The molecule has 50 heavy (non-hydrogen) atoms. The number of hydrogen-bond acceptors (Lipinski definition) is 10. The molecule has 2 N–H and O–H groups in total. The van der Waals surface area contributed by atoms with E-state index < -0.39 is 40.4 Å². The molecule has 0 bridgehead atoms. The molecule has 0 aliphatic carbocycles. The maximum Gasteiger partial charge on any atom is 0.349 e. The Hall–Kier alpha value is -4.97. The zero-order valence-corrected chi connectivity index (χ0v) is 29.0. The summed E-state index contributed by atoms with van der Waals surface area (Å²) in [6, 6.07) is 15.0. The first-order valence-electron chi connectivity index (χ1n) is 16.4. The molecule has 0 unspecified atom stereocenters. The van der Waals surface area contributed by atoms with E-state index in [4.69, 9.17) is 36.3 Å². The maximum atomic E-state index is 14.2. The summed E-state index contributed by atoms with van der Waals surface area (Å²) in [5, 5.41) is 11.8. The summed E-state index contributed by atoms with van der Waals surface area (Å²) in [5.41, 5.74) is 6.01. The van der Waals surface area contributed by atoms with Gasteiger partial charge in [-0.1, -0.05) is 94.0 Å². The summed E-state index contributed by atoms with van der Waals surface area (Å²) in [7, 11) is 0. The molecule has 0 radical (unpaired) electrons. The third-order valence-corrected chi connectivity index (χ3v) is 7.87. The van der Waals surface area contributed by atoms with E-state index in [2.05, 4.69) is 6.58 Å². The number of carbonyl (C=O) groups excluding carboxylic acids is 3. The van der Waals surface area contributed by atoms with Gasteiger partial charge in [0.15, 0.2) is 6.17 Å². The van der Waals surface area contributed by atoms with Gasteiger partial charge in [0.1, 0.15) is 16.5 Å². The van der Waals surface area contributed by atoms with Gasteiger partial charge in [0.25, 0.3) is 0 Å². The molecular formula is C37H42ClFN2O9. The number of esters is 3. The van der Waals surface area contributed by atoms with E-state index in [0.29, 0.717) is 37.4 Å². The lowest BCUT2D eigenvalue weighted by Gasteiger charge is -2.15. The highest BCUT2D eigenvalue weighted by atomic mass is 35.5. The Morgan fingerprint density at radius 2 is 1.58 bits per heavy atom. The fraction of sp³-hybridized carbons (Fsp3) is 0.378. The van der Waals surface area contributed by atoms with Crippen molar-refractivity contribution in [1.82, 2.24) is 0 Å². The van der Waals surface area contributed by atoms with Crippen LogP contribution in [-0.2, 0) is 14.3 Å². The van der Waals surface area contributed by atoms with E-state index >= 15 is 0 Å². The van der Waals surface area contributed by atoms with Crippen LogP contribution in [0.25, 0.3) is 11.1 Å². The molecule has 0 saturated carbocycles. The lowest BCUT2D eigenvalue weighted by Crippen LogP contribution is -2.23. The quantitative estimate of drug-likeness (QED) is 0.0228. The van der Waals surface area contributed by atoms with Crippen LogP contribution in [0.5, 0.6) is 17.2 Å². The highest BCUT2D eigenvalue weighted by molar-refractivity contribution is 6.40. The highest BCUT2D eigenvalue weighted by Crippen LogP contribution is 2.39. The number of nitrogens with zero attached hydrogens (tertiary/aromatic N) is 1. The van der Waals surface area contributed by atoms with Gasteiger partial charge in [-0.2, -0.15) is 0 Å². The summed E-state index contributed by atoms with van der Waals surface area (Å²) < 4.78 is 35.8. The number of alkyl halides is 1. The van der Waals surface area contributed by atoms with Gasteiger partial charge in [0, 0.05) is 17.2 Å². The molecule has 3 rings (SSSR count). The predicted octanol–water partition coefficient (Wildman–Crippen LogP) is 8.82. The second-order valence-electron chi connectivity index (χ2n) is 11.5. The zero-order chi connectivity index (χ0) is 36.6. The van der Waals surface area contributed by atoms with E-state index in [1.165, 1.54) is 6.92 Å². The number of para-hydroxylation sites is 1. The molecule has 268 valence electrons. The first kappa shape index (κ1) is 39.5. The predicted molar refractivity (Wildman–Crippen MR) is 188 cm³/mol. The molecule has 1 atom stereocenters. The Morgan fingerprint density at radius 3 is 2.22 bits per heavy atom. The standard InChI is InChI=1S/C37H42ClFN2O9/c1-4-5-15-29(39)36(43)50-32-23-30(40)33(24(2)34(32)41(45)46)37(44)49-31-16-11-10-14-28(31)26-17-19-27(20-18-26)47-21-12-8-6-7-9-13-22-48-35(42)25(3)38/h10-11,14,16-20,23,29H,3-9,12-13,15,21-22,40H2,1-2H3/t29-/m1/s1. The molecule has 0 aromatic heterocycles. The Labute approximate surface area is 295 Å². The summed E-state index contributed by atoms with van der Waals surface area (Å²) >= 11 is 5.48. The van der Waals surface area contributed by atoms with Gasteiger partial charge in [-0.3, -0.25) is 10.1 Å². The number of nitrogen functional groups attached to an aromatic ring is 1. The van der Waals surface area contributed by atoms with Crippen LogP contribution >= 0.6 is 11.6 Å². The van der Waals surface area contributed by atoms with E-state index in [0.717, 1.165) is 50.2 Å². The highest BCUT2D eigenvalue weighted by Gasteiger charge is 2.31. The van der Waals surface area contributed by atoms with Gasteiger partial charge in [0.2, 0.25) is 5.75 Å². The number of nitrogens with two attached hydrogens (primary N) is 1. The molecule has 11 nitrogen and oxygen atoms in total. The van der Waals surface area contributed by atoms with Crippen molar-refractivity contribution < 1.29 is 42.6 Å². The minimum atomic E-state index is -1.96. The monoisotopic (exact) mass is 712 g/mol. The third kappa shape index (κ3) is 11.6. The number of nitro groups is 1. The largest absolute Gasteiger partial charge is 0.494 e. The number of ether oxygens (including phenoxy) is 4. The SMILES string of the molecule is C=C(Cl)C(=O)OCCCCCCCCOc1ccc(-c2ccccc2OC(=O)c2c(N)cc(OC(=O)[C@H](F)CCCC)c([N+](=O)[O-])c2C)cc1. The summed E-state index contributed by atoms with van der Waals surface area (Å²) in [5.74, 6) is -2.52. The maximum absolute atomic E-state index is 14.2. The van der Waals surface area contributed by atoms with Crippen LogP contribution in [0.15, 0.2) is 66.2 Å². The molecule has 0 aliphatic rings. The number of nitro benzene ring substituents is 1. The first-order valence-corrected chi connectivity index (χ1v) is 16.8. The minimum Gasteiger partial charge on any atom is -0.494 e. The number of benzene rings is 3. The van der Waals surface area contributed by atoms with Gasteiger partial charge in [-0.05, 0) is 49.9 Å². The average Bonchev–Trinajstić information content (AvgIpc) is 3.08. The van der Waals surface area contributed by atoms with Crippen molar-refractivity contribution in [3.8, 4) is 28.4 Å². The van der Waals surface area contributed by atoms with E-state index in [9.17, 15) is 28.9 Å². The van der Waals surface area contributed by atoms with Crippen LogP contribution in [0.1, 0.15) is 80.6 Å².